The quantitative estimate of drug-likeness (QED) is 0.770. The number of para-hydroxylation sites is 1. The summed E-state index contributed by atoms with van der Waals surface area (Å²) in [6.07, 6.45) is 1.13. The second-order valence-corrected chi connectivity index (χ2v) is 4.60. The standard InChI is InChI=1S/C16H21NO2/c1-3-9-17-11-16-13(2)10-15(19-16)12-18-14-7-5-4-6-8-14/h4-8,10,17H,3,9,11-12H2,1-2H3. The topological polar surface area (TPSA) is 34.4 Å². The van der Waals surface area contributed by atoms with Gasteiger partial charge in [0.05, 0.1) is 6.54 Å². The van der Waals surface area contributed by atoms with Crippen LogP contribution >= 0.6 is 0 Å². The third-order valence-electron chi connectivity index (χ3n) is 2.91. The van der Waals surface area contributed by atoms with Crippen molar-refractivity contribution in [3.05, 3.63) is 53.5 Å². The third kappa shape index (κ3) is 4.14. The van der Waals surface area contributed by atoms with Crippen LogP contribution in [0.15, 0.2) is 40.8 Å². The SMILES string of the molecule is CCCNCc1oc(COc2ccccc2)cc1C. The van der Waals surface area contributed by atoms with E-state index >= 15 is 0 Å². The van der Waals surface area contributed by atoms with E-state index in [2.05, 4.69) is 19.2 Å². The zero-order valence-corrected chi connectivity index (χ0v) is 11.6. The van der Waals surface area contributed by atoms with Gasteiger partial charge in [-0.2, -0.15) is 0 Å². The summed E-state index contributed by atoms with van der Waals surface area (Å²) >= 11 is 0. The number of nitrogens with one attached hydrogen (secondary N) is 1. The summed E-state index contributed by atoms with van der Waals surface area (Å²) in [6.45, 7) is 6.49. The van der Waals surface area contributed by atoms with Crippen LogP contribution in [0.1, 0.15) is 30.4 Å². The Kier molecular flexibility index (Phi) is 5.04. The number of benzene rings is 1. The van der Waals surface area contributed by atoms with E-state index in [1.165, 1.54) is 5.56 Å². The molecule has 0 aliphatic heterocycles. The van der Waals surface area contributed by atoms with Crippen molar-refractivity contribution in [3.63, 3.8) is 0 Å². The van der Waals surface area contributed by atoms with Gasteiger partial charge in [-0.05, 0) is 43.7 Å². The molecular formula is C16H21NO2. The molecule has 0 radical (unpaired) electrons. The summed E-state index contributed by atoms with van der Waals surface area (Å²) in [4.78, 5) is 0. The van der Waals surface area contributed by atoms with Gasteiger partial charge in [0, 0.05) is 0 Å². The molecule has 1 aromatic carbocycles. The van der Waals surface area contributed by atoms with Gasteiger partial charge in [0.2, 0.25) is 0 Å². The van der Waals surface area contributed by atoms with Crippen LogP contribution in [-0.2, 0) is 13.2 Å². The highest BCUT2D eigenvalue weighted by atomic mass is 16.5. The molecule has 0 saturated carbocycles. The molecule has 1 heterocycles. The molecule has 0 atom stereocenters. The third-order valence-corrected chi connectivity index (χ3v) is 2.91. The molecular weight excluding hydrogens is 238 g/mol. The van der Waals surface area contributed by atoms with Gasteiger partial charge in [-0.15, -0.1) is 0 Å². The van der Waals surface area contributed by atoms with Crippen molar-refractivity contribution in [2.24, 2.45) is 0 Å². The molecule has 1 N–H and O–H groups in total. The zero-order chi connectivity index (χ0) is 13.5. The maximum atomic E-state index is 5.80. The monoisotopic (exact) mass is 259 g/mol. The Hall–Kier alpha value is -1.74. The molecule has 2 aromatic rings. The smallest absolute Gasteiger partial charge is 0.146 e. The highest BCUT2D eigenvalue weighted by Gasteiger charge is 2.07. The Morgan fingerprint density at radius 2 is 2.00 bits per heavy atom. The van der Waals surface area contributed by atoms with Crippen LogP contribution in [0, 0.1) is 6.92 Å². The molecule has 0 unspecified atom stereocenters. The minimum atomic E-state index is 0.471. The molecule has 0 fully saturated rings. The Balaban J connectivity index is 1.89. The molecule has 0 amide bonds. The fraction of sp³-hybridized carbons (Fsp3) is 0.375. The fourth-order valence-corrected chi connectivity index (χ4v) is 1.89. The lowest BCUT2D eigenvalue weighted by Crippen LogP contribution is -2.13. The summed E-state index contributed by atoms with van der Waals surface area (Å²) < 4.78 is 11.5. The largest absolute Gasteiger partial charge is 0.486 e. The lowest BCUT2D eigenvalue weighted by Gasteiger charge is -2.03. The summed E-state index contributed by atoms with van der Waals surface area (Å²) in [7, 11) is 0. The Bertz CT molecular complexity index is 491. The van der Waals surface area contributed by atoms with Crippen molar-refractivity contribution in [3.8, 4) is 5.75 Å². The van der Waals surface area contributed by atoms with E-state index in [-0.39, 0.29) is 0 Å². The molecule has 0 spiro atoms. The van der Waals surface area contributed by atoms with Crippen molar-refractivity contribution < 1.29 is 9.15 Å². The number of hydrogen-bond donors (Lipinski definition) is 1. The molecule has 0 saturated heterocycles. The summed E-state index contributed by atoms with van der Waals surface area (Å²) in [6, 6.07) is 11.8. The zero-order valence-electron chi connectivity index (χ0n) is 11.6. The molecule has 1 aromatic heterocycles. The molecule has 3 nitrogen and oxygen atoms in total. The number of rotatable bonds is 7. The van der Waals surface area contributed by atoms with E-state index in [0.717, 1.165) is 36.8 Å². The Labute approximate surface area is 114 Å². The van der Waals surface area contributed by atoms with Gasteiger partial charge in [0.25, 0.3) is 0 Å². The highest BCUT2D eigenvalue weighted by Crippen LogP contribution is 2.17. The Morgan fingerprint density at radius 3 is 2.74 bits per heavy atom. The first-order chi connectivity index (χ1) is 9.29. The maximum Gasteiger partial charge on any atom is 0.146 e. The lowest BCUT2D eigenvalue weighted by molar-refractivity contribution is 0.265. The van der Waals surface area contributed by atoms with Crippen LogP contribution in [0.25, 0.3) is 0 Å². The summed E-state index contributed by atoms with van der Waals surface area (Å²) in [5.41, 5.74) is 1.18. The van der Waals surface area contributed by atoms with Gasteiger partial charge in [-0.1, -0.05) is 25.1 Å². The second kappa shape index (κ2) is 7.00. The van der Waals surface area contributed by atoms with Gasteiger partial charge in [-0.3, -0.25) is 0 Å². The molecule has 19 heavy (non-hydrogen) atoms. The van der Waals surface area contributed by atoms with E-state index in [1.807, 2.05) is 36.4 Å². The molecule has 0 aliphatic rings. The fourth-order valence-electron chi connectivity index (χ4n) is 1.89. The van der Waals surface area contributed by atoms with Crippen LogP contribution in [0.4, 0.5) is 0 Å². The number of aryl methyl sites for hydroxylation is 1. The first-order valence-electron chi connectivity index (χ1n) is 6.76. The first-order valence-corrected chi connectivity index (χ1v) is 6.76. The van der Waals surface area contributed by atoms with Crippen LogP contribution in [-0.4, -0.2) is 6.54 Å². The van der Waals surface area contributed by atoms with Crippen molar-refractivity contribution in [1.82, 2.24) is 5.32 Å². The molecule has 3 heteroatoms. The van der Waals surface area contributed by atoms with Crippen LogP contribution in [0.5, 0.6) is 5.75 Å². The molecule has 2 rings (SSSR count). The predicted molar refractivity (Wildman–Crippen MR) is 76.2 cm³/mol. The van der Waals surface area contributed by atoms with Crippen molar-refractivity contribution in [2.45, 2.75) is 33.4 Å². The van der Waals surface area contributed by atoms with Gasteiger partial charge in [-0.25, -0.2) is 0 Å². The normalized spacial score (nSPS) is 10.6. The first kappa shape index (κ1) is 13.7. The lowest BCUT2D eigenvalue weighted by atomic mass is 10.2. The van der Waals surface area contributed by atoms with Crippen molar-refractivity contribution in [2.75, 3.05) is 6.54 Å². The average molecular weight is 259 g/mol. The predicted octanol–water partition coefficient (Wildman–Crippen LogP) is 3.67. The number of ether oxygens (including phenoxy) is 1. The van der Waals surface area contributed by atoms with Gasteiger partial charge < -0.3 is 14.5 Å². The molecule has 102 valence electrons. The van der Waals surface area contributed by atoms with Crippen LogP contribution in [0.3, 0.4) is 0 Å². The molecule has 0 aliphatic carbocycles. The van der Waals surface area contributed by atoms with Crippen LogP contribution < -0.4 is 10.1 Å². The van der Waals surface area contributed by atoms with Crippen molar-refractivity contribution in [1.29, 1.82) is 0 Å². The number of hydrogen-bond acceptors (Lipinski definition) is 3. The Morgan fingerprint density at radius 1 is 1.21 bits per heavy atom. The van der Waals surface area contributed by atoms with E-state index < -0.39 is 0 Å². The van der Waals surface area contributed by atoms with E-state index in [4.69, 9.17) is 9.15 Å². The summed E-state index contributed by atoms with van der Waals surface area (Å²) in [5, 5.41) is 3.34. The highest BCUT2D eigenvalue weighted by molar-refractivity contribution is 5.23. The maximum absolute atomic E-state index is 5.80. The van der Waals surface area contributed by atoms with Crippen LogP contribution in [0.2, 0.25) is 0 Å². The average Bonchev–Trinajstić information content (AvgIpc) is 2.79. The minimum Gasteiger partial charge on any atom is -0.486 e. The summed E-state index contributed by atoms with van der Waals surface area (Å²) in [5.74, 6) is 2.73. The van der Waals surface area contributed by atoms with Gasteiger partial charge in [0.15, 0.2) is 0 Å². The van der Waals surface area contributed by atoms with Crippen molar-refractivity contribution >= 4 is 0 Å². The van der Waals surface area contributed by atoms with E-state index in [1.54, 1.807) is 0 Å². The number of furan rings is 1. The minimum absolute atomic E-state index is 0.471. The molecule has 0 bridgehead atoms. The van der Waals surface area contributed by atoms with E-state index in [0.29, 0.717) is 6.61 Å². The van der Waals surface area contributed by atoms with E-state index in [9.17, 15) is 0 Å². The van der Waals surface area contributed by atoms with Gasteiger partial charge >= 0.3 is 0 Å². The second-order valence-electron chi connectivity index (χ2n) is 4.60. The van der Waals surface area contributed by atoms with Gasteiger partial charge in [0.1, 0.15) is 23.9 Å².